The molecule has 0 saturated heterocycles. The summed E-state index contributed by atoms with van der Waals surface area (Å²) in [5.41, 5.74) is 1.80. The predicted octanol–water partition coefficient (Wildman–Crippen LogP) is 5.89. The van der Waals surface area contributed by atoms with Crippen molar-refractivity contribution in [2.45, 2.75) is 25.6 Å². The van der Waals surface area contributed by atoms with Crippen molar-refractivity contribution in [3.63, 3.8) is 0 Å². The largest absolute Gasteiger partial charge is 0.435 e. The molecule has 0 unspecified atom stereocenters. The first-order valence-electron chi connectivity index (χ1n) is 10.2. The highest BCUT2D eigenvalue weighted by atomic mass is 19.3. The van der Waals surface area contributed by atoms with E-state index in [0.717, 1.165) is 23.8 Å². The number of anilines is 1. The summed E-state index contributed by atoms with van der Waals surface area (Å²) < 4.78 is 57.2. The Bertz CT molecular complexity index is 1150. The van der Waals surface area contributed by atoms with Gasteiger partial charge in [-0.3, -0.25) is 9.69 Å². The van der Waals surface area contributed by atoms with Gasteiger partial charge >= 0.3 is 6.61 Å². The van der Waals surface area contributed by atoms with E-state index < -0.39 is 30.2 Å². The molecule has 3 aromatic carbocycles. The summed E-state index contributed by atoms with van der Waals surface area (Å²) in [5, 5.41) is 3.17. The zero-order chi connectivity index (χ0) is 23.5. The van der Waals surface area contributed by atoms with Crippen LogP contribution in [0.4, 0.5) is 23.2 Å². The van der Waals surface area contributed by atoms with E-state index in [2.05, 4.69) is 10.1 Å². The number of hydrogen-bond acceptors (Lipinski definition) is 3. The summed E-state index contributed by atoms with van der Waals surface area (Å²) in [4.78, 5) is 14.7. The van der Waals surface area contributed by atoms with E-state index in [1.807, 2.05) is 37.3 Å². The van der Waals surface area contributed by atoms with Gasteiger partial charge < -0.3 is 10.1 Å². The molecule has 0 saturated carbocycles. The fourth-order valence-corrected chi connectivity index (χ4v) is 3.79. The van der Waals surface area contributed by atoms with Crippen LogP contribution in [-0.4, -0.2) is 12.5 Å². The molecule has 0 aromatic heterocycles. The van der Waals surface area contributed by atoms with Crippen molar-refractivity contribution in [1.29, 1.82) is 0 Å². The fourth-order valence-electron chi connectivity index (χ4n) is 3.79. The maximum absolute atomic E-state index is 13.9. The van der Waals surface area contributed by atoms with Gasteiger partial charge in [-0.15, -0.1) is 0 Å². The number of rotatable bonds is 7. The Morgan fingerprint density at radius 1 is 0.939 bits per heavy atom. The number of carbonyl (C=O) groups is 1. The summed E-state index contributed by atoms with van der Waals surface area (Å²) in [6.45, 7) is -1.09. The quantitative estimate of drug-likeness (QED) is 0.451. The predicted molar refractivity (Wildman–Crippen MR) is 116 cm³/mol. The van der Waals surface area contributed by atoms with Crippen LogP contribution in [0.5, 0.6) is 5.75 Å². The molecule has 2 atom stereocenters. The molecule has 0 bridgehead atoms. The average Bonchev–Trinajstić information content (AvgIpc) is 3.10. The first-order chi connectivity index (χ1) is 15.8. The van der Waals surface area contributed by atoms with Crippen molar-refractivity contribution < 1.29 is 27.1 Å². The van der Waals surface area contributed by atoms with Gasteiger partial charge in [-0.25, -0.2) is 8.78 Å². The lowest BCUT2D eigenvalue weighted by Crippen LogP contribution is -2.33. The first-order valence-corrected chi connectivity index (χ1v) is 10.2. The Morgan fingerprint density at radius 3 is 2.18 bits per heavy atom. The van der Waals surface area contributed by atoms with E-state index >= 15 is 0 Å². The molecule has 8 heteroatoms. The van der Waals surface area contributed by atoms with Gasteiger partial charge in [-0.2, -0.15) is 8.78 Å². The van der Waals surface area contributed by atoms with Crippen LogP contribution in [0.15, 0.2) is 84.6 Å². The number of nitrogens with zero attached hydrogens (tertiary/aromatic N) is 1. The first kappa shape index (κ1) is 22.4. The second-order valence-electron chi connectivity index (χ2n) is 7.55. The van der Waals surface area contributed by atoms with Crippen molar-refractivity contribution in [2.75, 3.05) is 4.90 Å². The Morgan fingerprint density at radius 2 is 1.58 bits per heavy atom. The molecule has 0 aliphatic carbocycles. The number of hydrogen-bond donors (Lipinski definition) is 1. The van der Waals surface area contributed by atoms with Gasteiger partial charge in [0.2, 0.25) is 0 Å². The van der Waals surface area contributed by atoms with Gasteiger partial charge in [0, 0.05) is 17.8 Å². The van der Waals surface area contributed by atoms with Gasteiger partial charge in [-0.1, -0.05) is 30.3 Å². The highest BCUT2D eigenvalue weighted by Gasteiger charge is 2.35. The fraction of sp³-hybridized carbons (Fsp3) is 0.160. The van der Waals surface area contributed by atoms with Gasteiger partial charge in [0.25, 0.3) is 5.91 Å². The Hall–Kier alpha value is -3.81. The maximum Gasteiger partial charge on any atom is 0.387 e. The molecule has 1 heterocycles. The van der Waals surface area contributed by atoms with Crippen LogP contribution in [0.25, 0.3) is 0 Å². The van der Waals surface area contributed by atoms with Crippen molar-refractivity contribution >= 4 is 11.6 Å². The van der Waals surface area contributed by atoms with Crippen molar-refractivity contribution in [3.05, 3.63) is 107 Å². The summed E-state index contributed by atoms with van der Waals surface area (Å²) >= 11 is 0. The molecule has 1 N–H and O–H groups in total. The number of nitrogens with one attached hydrogen (secondary N) is 1. The number of halogens is 4. The van der Waals surface area contributed by atoms with E-state index in [9.17, 15) is 22.4 Å². The third-order valence-electron chi connectivity index (χ3n) is 5.29. The molecule has 170 valence electrons. The average molecular weight is 456 g/mol. The van der Waals surface area contributed by atoms with Gasteiger partial charge in [-0.05, 0) is 60.5 Å². The smallest absolute Gasteiger partial charge is 0.387 e. The minimum atomic E-state index is -2.98. The highest BCUT2D eigenvalue weighted by molar-refractivity contribution is 6.08. The molecular weight excluding hydrogens is 436 g/mol. The highest BCUT2D eigenvalue weighted by Crippen LogP contribution is 2.37. The number of alkyl halides is 2. The Labute approximate surface area is 188 Å². The van der Waals surface area contributed by atoms with Gasteiger partial charge in [0.1, 0.15) is 17.4 Å². The molecule has 0 spiro atoms. The van der Waals surface area contributed by atoms with Gasteiger partial charge in [0.05, 0.1) is 11.7 Å². The van der Waals surface area contributed by atoms with E-state index in [1.54, 1.807) is 6.08 Å². The number of ether oxygens (including phenoxy) is 1. The maximum atomic E-state index is 13.9. The lowest BCUT2D eigenvalue weighted by molar-refractivity contribution is -0.115. The van der Waals surface area contributed by atoms with Crippen molar-refractivity contribution in [3.8, 4) is 5.75 Å². The van der Waals surface area contributed by atoms with Crippen LogP contribution in [0.2, 0.25) is 0 Å². The van der Waals surface area contributed by atoms with Crippen molar-refractivity contribution in [2.24, 2.45) is 0 Å². The molecular formula is C25H20F4N2O2. The molecule has 0 radical (unpaired) electrons. The van der Waals surface area contributed by atoms with Crippen molar-refractivity contribution in [1.82, 2.24) is 5.32 Å². The molecule has 1 aliphatic heterocycles. The lowest BCUT2D eigenvalue weighted by Gasteiger charge is -2.26. The van der Waals surface area contributed by atoms with E-state index in [1.165, 1.54) is 29.2 Å². The monoisotopic (exact) mass is 456 g/mol. The topological polar surface area (TPSA) is 41.6 Å². The van der Waals surface area contributed by atoms with Gasteiger partial charge in [0.15, 0.2) is 0 Å². The Balaban J connectivity index is 1.69. The van der Waals surface area contributed by atoms with E-state index in [-0.39, 0.29) is 23.1 Å². The van der Waals surface area contributed by atoms with Crippen LogP contribution in [-0.2, 0) is 4.79 Å². The minimum Gasteiger partial charge on any atom is -0.435 e. The lowest BCUT2D eigenvalue weighted by atomic mass is 10.1. The molecule has 3 aromatic rings. The SMILES string of the molecule is C[C@@H](NC1=C[C@@H](c2cc(F)cc(F)c2)N(c2ccc(OC(F)F)cc2)C1=O)c1ccccc1. The van der Waals surface area contributed by atoms with Crippen LogP contribution in [0.3, 0.4) is 0 Å². The molecule has 33 heavy (non-hydrogen) atoms. The van der Waals surface area contributed by atoms with Crippen LogP contribution in [0.1, 0.15) is 30.1 Å². The number of benzene rings is 3. The minimum absolute atomic E-state index is 0.0715. The second kappa shape index (κ2) is 9.36. The zero-order valence-electron chi connectivity index (χ0n) is 17.5. The third kappa shape index (κ3) is 5.00. The molecule has 0 fully saturated rings. The zero-order valence-corrected chi connectivity index (χ0v) is 17.5. The molecule has 4 nitrogen and oxygen atoms in total. The van der Waals surface area contributed by atoms with E-state index in [0.29, 0.717) is 5.69 Å². The normalized spacial score (nSPS) is 16.7. The number of amides is 1. The Kier molecular flexibility index (Phi) is 6.35. The summed E-state index contributed by atoms with van der Waals surface area (Å²) in [5.74, 6) is -2.04. The van der Waals surface area contributed by atoms with Crippen LogP contribution < -0.4 is 15.0 Å². The summed E-state index contributed by atoms with van der Waals surface area (Å²) in [7, 11) is 0. The molecule has 1 aliphatic rings. The molecule has 4 rings (SSSR count). The summed E-state index contributed by atoms with van der Waals surface area (Å²) in [6.07, 6.45) is 1.60. The molecule has 1 amide bonds. The standard InChI is InChI=1S/C25H20F4N2O2/c1-15(16-5-3-2-4-6-16)30-22-14-23(17-11-18(26)13-19(27)12-17)31(24(22)32)20-7-9-21(10-8-20)33-25(28)29/h2-15,23,25,30H,1H3/t15-,23+/m1/s1. The second-order valence-corrected chi connectivity index (χ2v) is 7.55. The van der Waals surface area contributed by atoms with Crippen LogP contribution >= 0.6 is 0 Å². The number of carbonyl (C=O) groups excluding carboxylic acids is 1. The summed E-state index contributed by atoms with van der Waals surface area (Å²) in [6, 6.07) is 17.0. The third-order valence-corrected chi connectivity index (χ3v) is 5.29. The van der Waals surface area contributed by atoms with E-state index in [4.69, 9.17) is 0 Å². The van der Waals surface area contributed by atoms with Crippen LogP contribution in [0, 0.1) is 11.6 Å².